The molecular formula is C22H27N3O6. The van der Waals surface area contributed by atoms with Crippen molar-refractivity contribution in [2.75, 3.05) is 19.8 Å². The molecule has 0 bridgehead atoms. The molecule has 1 aliphatic heterocycles. The fourth-order valence-electron chi connectivity index (χ4n) is 3.31. The number of amides is 2. The van der Waals surface area contributed by atoms with Gasteiger partial charge in [-0.2, -0.15) is 0 Å². The Morgan fingerprint density at radius 2 is 1.81 bits per heavy atom. The predicted octanol–water partition coefficient (Wildman–Crippen LogP) is 0.187. The topological polar surface area (TPSA) is 141 Å². The summed E-state index contributed by atoms with van der Waals surface area (Å²) in [4.78, 5) is 42.3. The lowest BCUT2D eigenvalue weighted by Crippen LogP contribution is -2.55. The molecule has 1 saturated heterocycles. The molecule has 1 aliphatic rings. The van der Waals surface area contributed by atoms with E-state index in [4.69, 9.17) is 4.74 Å². The number of aliphatic hydroxyl groups is 2. The third-order valence-corrected chi connectivity index (χ3v) is 5.17. The van der Waals surface area contributed by atoms with Gasteiger partial charge in [0.05, 0.1) is 31.4 Å². The van der Waals surface area contributed by atoms with Crippen LogP contribution in [0.15, 0.2) is 36.4 Å². The van der Waals surface area contributed by atoms with Crippen LogP contribution >= 0.6 is 0 Å². The number of hydrogen-bond donors (Lipinski definition) is 4. The first kappa shape index (κ1) is 22.8. The van der Waals surface area contributed by atoms with Crippen LogP contribution in [0.2, 0.25) is 0 Å². The van der Waals surface area contributed by atoms with E-state index in [1.165, 1.54) is 6.07 Å². The van der Waals surface area contributed by atoms with E-state index in [1.807, 2.05) is 26.0 Å². The summed E-state index contributed by atoms with van der Waals surface area (Å²) >= 11 is 0. The van der Waals surface area contributed by atoms with E-state index in [9.17, 15) is 24.6 Å². The van der Waals surface area contributed by atoms with Crippen molar-refractivity contribution in [3.63, 3.8) is 0 Å². The van der Waals surface area contributed by atoms with Gasteiger partial charge in [-0.15, -0.1) is 0 Å². The molecule has 3 rings (SSSR count). The van der Waals surface area contributed by atoms with Crippen LogP contribution in [0.3, 0.4) is 0 Å². The van der Waals surface area contributed by atoms with Crippen LogP contribution in [0.25, 0.3) is 10.9 Å². The van der Waals surface area contributed by atoms with Crippen LogP contribution in [0.4, 0.5) is 0 Å². The summed E-state index contributed by atoms with van der Waals surface area (Å²) in [7, 11) is 0. The number of pyridine rings is 1. The van der Waals surface area contributed by atoms with Gasteiger partial charge in [-0.1, -0.05) is 38.1 Å². The summed E-state index contributed by atoms with van der Waals surface area (Å²) in [6, 6.07) is 8.38. The minimum Gasteiger partial charge on any atom is -0.394 e. The Bertz CT molecular complexity index is 973. The molecule has 1 aromatic heterocycles. The maximum absolute atomic E-state index is 12.7. The number of Topliss-reactive ketones (excluding diaryl/α,β-unsaturated/α-hetero) is 1. The van der Waals surface area contributed by atoms with E-state index in [2.05, 4.69) is 15.6 Å². The SMILES string of the molecule is CC(C)C[C@H](NC(=O)[C@H](CO)NC(=O)c1ccc2ccccc2n1)C(=O)[C@@]1(CO)CO1. The second kappa shape index (κ2) is 9.51. The molecule has 0 unspecified atom stereocenters. The number of para-hydroxylation sites is 1. The van der Waals surface area contributed by atoms with E-state index < -0.39 is 48.5 Å². The molecule has 2 aromatic rings. The minimum absolute atomic E-state index is 0.0766. The number of aromatic nitrogens is 1. The van der Waals surface area contributed by atoms with Gasteiger partial charge in [0.1, 0.15) is 11.7 Å². The number of nitrogens with zero attached hydrogens (tertiary/aromatic N) is 1. The van der Waals surface area contributed by atoms with E-state index in [0.29, 0.717) is 11.9 Å². The van der Waals surface area contributed by atoms with E-state index in [0.717, 1.165) is 5.39 Å². The van der Waals surface area contributed by atoms with Gasteiger partial charge in [0.2, 0.25) is 5.91 Å². The number of benzene rings is 1. The second-order valence-corrected chi connectivity index (χ2v) is 8.09. The predicted molar refractivity (Wildman–Crippen MR) is 112 cm³/mol. The number of fused-ring (bicyclic) bond motifs is 1. The summed E-state index contributed by atoms with van der Waals surface area (Å²) in [5, 5.41) is 25.0. The maximum atomic E-state index is 12.7. The number of hydrogen-bond acceptors (Lipinski definition) is 7. The smallest absolute Gasteiger partial charge is 0.270 e. The maximum Gasteiger partial charge on any atom is 0.270 e. The zero-order valence-corrected chi connectivity index (χ0v) is 17.5. The summed E-state index contributed by atoms with van der Waals surface area (Å²) in [6.45, 7) is 2.76. The number of epoxide rings is 1. The fourth-order valence-corrected chi connectivity index (χ4v) is 3.31. The minimum atomic E-state index is -1.28. The van der Waals surface area contributed by atoms with Gasteiger partial charge < -0.3 is 25.6 Å². The molecule has 0 radical (unpaired) electrons. The molecular weight excluding hydrogens is 402 g/mol. The van der Waals surface area contributed by atoms with Gasteiger partial charge in [0.15, 0.2) is 11.4 Å². The molecule has 166 valence electrons. The highest BCUT2D eigenvalue weighted by atomic mass is 16.6. The Kier molecular flexibility index (Phi) is 6.99. The second-order valence-electron chi connectivity index (χ2n) is 8.09. The van der Waals surface area contributed by atoms with Crippen molar-refractivity contribution < 1.29 is 29.3 Å². The lowest BCUT2D eigenvalue weighted by molar-refractivity contribution is -0.133. The van der Waals surface area contributed by atoms with Crippen molar-refractivity contribution in [2.24, 2.45) is 5.92 Å². The zero-order chi connectivity index (χ0) is 22.6. The lowest BCUT2D eigenvalue weighted by atomic mass is 9.92. The molecule has 1 fully saturated rings. The number of rotatable bonds is 10. The fraction of sp³-hybridized carbons (Fsp3) is 0.455. The summed E-state index contributed by atoms with van der Waals surface area (Å²) in [5.74, 6) is -1.67. The Morgan fingerprint density at radius 1 is 1.10 bits per heavy atom. The molecule has 2 heterocycles. The van der Waals surface area contributed by atoms with Crippen molar-refractivity contribution in [2.45, 2.75) is 38.0 Å². The van der Waals surface area contributed by atoms with Gasteiger partial charge in [-0.3, -0.25) is 14.4 Å². The number of ether oxygens (including phenoxy) is 1. The molecule has 31 heavy (non-hydrogen) atoms. The third-order valence-electron chi connectivity index (χ3n) is 5.17. The largest absolute Gasteiger partial charge is 0.394 e. The van der Waals surface area contributed by atoms with Crippen molar-refractivity contribution >= 4 is 28.5 Å². The number of nitrogens with one attached hydrogen (secondary N) is 2. The first-order valence-corrected chi connectivity index (χ1v) is 10.2. The van der Waals surface area contributed by atoms with Crippen molar-refractivity contribution in [3.05, 3.63) is 42.1 Å². The number of carbonyl (C=O) groups is 3. The molecule has 0 spiro atoms. The van der Waals surface area contributed by atoms with Gasteiger partial charge in [-0.05, 0) is 24.5 Å². The highest BCUT2D eigenvalue weighted by Gasteiger charge is 2.54. The van der Waals surface area contributed by atoms with Gasteiger partial charge in [-0.25, -0.2) is 4.98 Å². The highest BCUT2D eigenvalue weighted by molar-refractivity contribution is 6.00. The number of carbonyl (C=O) groups excluding carboxylic acids is 3. The molecule has 4 N–H and O–H groups in total. The summed E-state index contributed by atoms with van der Waals surface area (Å²) in [5.41, 5.74) is -0.549. The molecule has 1 aromatic carbocycles. The average Bonchev–Trinajstić information content (AvgIpc) is 3.56. The first-order valence-electron chi connectivity index (χ1n) is 10.2. The van der Waals surface area contributed by atoms with Crippen molar-refractivity contribution in [1.82, 2.24) is 15.6 Å². The number of ketones is 1. The molecule has 9 heteroatoms. The normalized spacial score (nSPS) is 19.6. The zero-order valence-electron chi connectivity index (χ0n) is 17.5. The Labute approximate surface area is 179 Å². The van der Waals surface area contributed by atoms with E-state index in [1.54, 1.807) is 18.2 Å². The summed E-state index contributed by atoms with van der Waals surface area (Å²) in [6.07, 6.45) is 0.327. The lowest BCUT2D eigenvalue weighted by Gasteiger charge is -2.24. The van der Waals surface area contributed by atoms with Gasteiger partial charge >= 0.3 is 0 Å². The molecule has 2 amide bonds. The van der Waals surface area contributed by atoms with Gasteiger partial charge in [0.25, 0.3) is 5.91 Å². The van der Waals surface area contributed by atoms with Crippen LogP contribution in [-0.2, 0) is 14.3 Å². The quantitative estimate of drug-likeness (QED) is 0.395. The van der Waals surface area contributed by atoms with Crippen LogP contribution < -0.4 is 10.6 Å². The first-order chi connectivity index (χ1) is 14.8. The molecule has 9 nitrogen and oxygen atoms in total. The van der Waals surface area contributed by atoms with Crippen LogP contribution in [0, 0.1) is 5.92 Å². The number of aliphatic hydroxyl groups excluding tert-OH is 2. The molecule has 0 saturated carbocycles. The average molecular weight is 429 g/mol. The Balaban J connectivity index is 1.70. The van der Waals surface area contributed by atoms with Crippen molar-refractivity contribution in [3.8, 4) is 0 Å². The van der Waals surface area contributed by atoms with Crippen molar-refractivity contribution in [1.29, 1.82) is 0 Å². The van der Waals surface area contributed by atoms with E-state index in [-0.39, 0.29) is 18.2 Å². The van der Waals surface area contributed by atoms with E-state index >= 15 is 0 Å². The Morgan fingerprint density at radius 3 is 2.42 bits per heavy atom. The standard InChI is InChI=1S/C22H27N3O6/c1-13(2)9-17(19(28)22(11-27)12-31-22)24-21(30)18(10-26)25-20(29)16-8-7-14-5-3-4-6-15(14)23-16/h3-8,13,17-18,26-27H,9-12H2,1-2H3,(H,24,30)(H,25,29)/t17-,18-,22+/m0/s1. The summed E-state index contributed by atoms with van der Waals surface area (Å²) < 4.78 is 5.12. The molecule has 3 atom stereocenters. The monoisotopic (exact) mass is 429 g/mol. The Hall–Kier alpha value is -2.88. The molecule has 0 aliphatic carbocycles. The third kappa shape index (κ3) is 5.25. The van der Waals surface area contributed by atoms with Gasteiger partial charge in [0, 0.05) is 5.39 Å². The van der Waals surface area contributed by atoms with Crippen LogP contribution in [-0.4, -0.2) is 70.3 Å². The highest BCUT2D eigenvalue weighted by Crippen LogP contribution is 2.30. The van der Waals surface area contributed by atoms with Crippen LogP contribution in [0.5, 0.6) is 0 Å². The van der Waals surface area contributed by atoms with Crippen LogP contribution in [0.1, 0.15) is 30.8 Å².